The van der Waals surface area contributed by atoms with Gasteiger partial charge in [-0.1, -0.05) is 0 Å². The zero-order valence-electron chi connectivity index (χ0n) is 23.2. The number of hydrogen-bond donors (Lipinski definition) is 2. The highest BCUT2D eigenvalue weighted by atomic mass is 31.3. The molecular formula is C23H53N9P3+3. The van der Waals surface area contributed by atoms with Crippen LogP contribution < -0.4 is 9.72 Å². The molecule has 5 saturated heterocycles. The summed E-state index contributed by atoms with van der Waals surface area (Å²) < 4.78 is 17.4. The van der Waals surface area contributed by atoms with E-state index in [1.807, 2.05) is 0 Å². The fourth-order valence-corrected chi connectivity index (χ4v) is 25.4. The molecule has 0 saturated carbocycles. The molecule has 35 heavy (non-hydrogen) atoms. The van der Waals surface area contributed by atoms with Crippen LogP contribution in [0.5, 0.6) is 0 Å². The topological polar surface area (TPSA) is 46.7 Å². The average molecular weight is 549 g/mol. The molecule has 0 amide bonds. The molecule has 2 atom stereocenters. The number of likely N-dealkylation sites (N-methyl/N-ethyl adjacent to an activating group) is 2. The average Bonchev–Trinajstić information content (AvgIpc) is 3.67. The monoisotopic (exact) mass is 548 g/mol. The SMILES string of the molecule is CN(C)CCN(C)[P+]1(N2CCCC2)N[P+](N2CCCC2)(N2CCCC2)N[P+](C)(N2CCCC2)N1C. The molecule has 5 aliphatic rings. The molecule has 2 N–H and O–H groups in total. The van der Waals surface area contributed by atoms with Gasteiger partial charge in [0, 0.05) is 80.1 Å². The summed E-state index contributed by atoms with van der Waals surface area (Å²) >= 11 is 0. The van der Waals surface area contributed by atoms with E-state index in [4.69, 9.17) is 0 Å². The molecule has 12 heteroatoms. The van der Waals surface area contributed by atoms with E-state index in [1.165, 1.54) is 104 Å². The first-order valence-electron chi connectivity index (χ1n) is 14.2. The van der Waals surface area contributed by atoms with Gasteiger partial charge in [-0.3, -0.25) is 0 Å². The molecule has 0 aromatic carbocycles. The van der Waals surface area contributed by atoms with Crippen LogP contribution in [0.2, 0.25) is 0 Å². The Labute approximate surface area is 217 Å². The van der Waals surface area contributed by atoms with Gasteiger partial charge < -0.3 is 4.90 Å². The lowest BCUT2D eigenvalue weighted by Gasteiger charge is -2.53. The van der Waals surface area contributed by atoms with Gasteiger partial charge in [0.15, 0.2) is 0 Å². The standard InChI is InChI=1S/C23H53N9P3/c1-26(2)22-23-27(3)35(32-20-12-13-21-32)25-34(30-16-8-9-17-30,31-18-10-11-19-31)24-33(5,28(35)4)29-14-6-7-15-29/h24-25H,6-23H2,1-5H3/q+3. The minimum Gasteiger partial charge on any atom is -0.308 e. The van der Waals surface area contributed by atoms with E-state index >= 15 is 0 Å². The minimum absolute atomic E-state index is 1.10. The highest BCUT2D eigenvalue weighted by Gasteiger charge is 2.82. The van der Waals surface area contributed by atoms with Crippen molar-refractivity contribution in [3.63, 3.8) is 0 Å². The molecule has 5 heterocycles. The molecule has 0 aromatic heterocycles. The highest BCUT2D eigenvalue weighted by molar-refractivity contribution is 7.97. The first-order valence-corrected chi connectivity index (χ1v) is 19.7. The second-order valence-corrected chi connectivity index (χ2v) is 21.8. The van der Waals surface area contributed by atoms with Crippen molar-refractivity contribution in [2.45, 2.75) is 51.4 Å². The molecule has 9 nitrogen and oxygen atoms in total. The van der Waals surface area contributed by atoms with Crippen LogP contribution in [0.25, 0.3) is 0 Å². The van der Waals surface area contributed by atoms with Gasteiger partial charge in [-0.05, 0) is 65.5 Å². The third-order valence-corrected chi connectivity index (χ3v) is 23.8. The molecule has 0 aromatic rings. The lowest BCUT2D eigenvalue weighted by molar-refractivity contribution is 0.334. The van der Waals surface area contributed by atoms with Crippen LogP contribution in [0.3, 0.4) is 0 Å². The van der Waals surface area contributed by atoms with E-state index < -0.39 is 23.4 Å². The zero-order valence-corrected chi connectivity index (χ0v) is 25.9. The van der Waals surface area contributed by atoms with Crippen LogP contribution in [0, 0.1) is 0 Å². The molecule has 5 fully saturated rings. The van der Waals surface area contributed by atoms with Crippen molar-refractivity contribution in [2.24, 2.45) is 0 Å². The van der Waals surface area contributed by atoms with E-state index in [1.54, 1.807) is 0 Å². The summed E-state index contributed by atoms with van der Waals surface area (Å²) in [6, 6.07) is 0. The summed E-state index contributed by atoms with van der Waals surface area (Å²) in [5.41, 5.74) is 0. The lowest BCUT2D eigenvalue weighted by Crippen LogP contribution is -2.62. The van der Waals surface area contributed by atoms with Gasteiger partial charge in [-0.25, -0.2) is 0 Å². The fraction of sp³-hybridized carbons (Fsp3) is 1.00. The zero-order chi connectivity index (χ0) is 24.7. The first kappa shape index (κ1) is 27.5. The van der Waals surface area contributed by atoms with Crippen molar-refractivity contribution in [3.05, 3.63) is 0 Å². The second kappa shape index (κ2) is 11.2. The van der Waals surface area contributed by atoms with Crippen molar-refractivity contribution in [1.29, 1.82) is 0 Å². The Morgan fingerprint density at radius 2 is 1.03 bits per heavy atom. The third-order valence-electron chi connectivity index (χ3n) is 9.01. The molecule has 0 spiro atoms. The largest absolute Gasteiger partial charge is 0.380 e. The second-order valence-electron chi connectivity index (χ2n) is 11.6. The number of nitrogens with zero attached hydrogens (tertiary/aromatic N) is 7. The van der Waals surface area contributed by atoms with Gasteiger partial charge in [0.2, 0.25) is 0 Å². The van der Waals surface area contributed by atoms with Gasteiger partial charge in [-0.15, -0.1) is 23.4 Å². The summed E-state index contributed by atoms with van der Waals surface area (Å²) in [4.78, 5) is 11.6. The van der Waals surface area contributed by atoms with Crippen molar-refractivity contribution in [3.8, 4) is 0 Å². The Bertz CT molecular complexity index is 692. The molecule has 5 aliphatic heterocycles. The number of hydrogen-bond acceptors (Lipinski definition) is 9. The normalized spacial score (nSPS) is 36.4. The molecule has 5 rings (SSSR count). The third kappa shape index (κ3) is 4.90. The van der Waals surface area contributed by atoms with Gasteiger partial charge >= 0.3 is 23.4 Å². The van der Waals surface area contributed by atoms with E-state index in [-0.39, 0.29) is 0 Å². The molecule has 0 bridgehead atoms. The Hall–Kier alpha value is 0.930. The molecule has 0 aliphatic carbocycles. The van der Waals surface area contributed by atoms with Crippen LogP contribution in [-0.2, 0) is 0 Å². The summed E-state index contributed by atoms with van der Waals surface area (Å²) in [5, 5.41) is 0. The van der Waals surface area contributed by atoms with E-state index in [9.17, 15) is 0 Å². The molecule has 202 valence electrons. The van der Waals surface area contributed by atoms with Crippen molar-refractivity contribution < 1.29 is 0 Å². The minimum atomic E-state index is -1.94. The van der Waals surface area contributed by atoms with Gasteiger partial charge in [0.1, 0.15) is 6.66 Å². The Morgan fingerprint density at radius 3 is 1.49 bits per heavy atom. The Morgan fingerprint density at radius 1 is 0.600 bits per heavy atom. The van der Waals surface area contributed by atoms with Crippen LogP contribution in [-0.4, -0.2) is 133 Å². The van der Waals surface area contributed by atoms with Gasteiger partial charge in [-0.2, -0.15) is 0 Å². The quantitative estimate of drug-likeness (QED) is 0.442. The van der Waals surface area contributed by atoms with Gasteiger partial charge in [0.25, 0.3) is 0 Å². The maximum absolute atomic E-state index is 4.68. The highest BCUT2D eigenvalue weighted by Crippen LogP contribution is 2.89. The predicted molar refractivity (Wildman–Crippen MR) is 155 cm³/mol. The maximum Gasteiger partial charge on any atom is 0.380 e. The smallest absolute Gasteiger partial charge is 0.308 e. The summed E-state index contributed by atoms with van der Waals surface area (Å²) in [6.45, 7) is 14.8. The summed E-state index contributed by atoms with van der Waals surface area (Å²) in [7, 11) is 3.83. The van der Waals surface area contributed by atoms with Crippen LogP contribution >= 0.6 is 23.4 Å². The fourth-order valence-electron chi connectivity index (χ4n) is 6.82. The van der Waals surface area contributed by atoms with Crippen molar-refractivity contribution in [2.75, 3.05) is 100 Å². The van der Waals surface area contributed by atoms with E-state index in [0.717, 1.165) is 13.1 Å². The molecule has 2 unspecified atom stereocenters. The predicted octanol–water partition coefficient (Wildman–Crippen LogP) is 3.74. The summed E-state index contributed by atoms with van der Waals surface area (Å²) in [5.74, 6) is 0. The number of nitrogens with one attached hydrogen (secondary N) is 2. The van der Waals surface area contributed by atoms with Crippen LogP contribution in [0.15, 0.2) is 0 Å². The Balaban J connectivity index is 1.64. The molecule has 0 radical (unpaired) electrons. The van der Waals surface area contributed by atoms with Gasteiger partial charge in [0.05, 0.1) is 13.6 Å². The first-order chi connectivity index (χ1) is 16.8. The Kier molecular flexibility index (Phi) is 8.80. The van der Waals surface area contributed by atoms with Crippen molar-refractivity contribution >= 4 is 23.4 Å². The summed E-state index contributed by atoms with van der Waals surface area (Å²) in [6.07, 6.45) is 10.8. The lowest BCUT2D eigenvalue weighted by atomic mass is 10.4. The number of rotatable bonds is 8. The molecular weight excluding hydrogens is 495 g/mol. The van der Waals surface area contributed by atoms with Crippen molar-refractivity contribution in [1.82, 2.24) is 42.4 Å². The van der Waals surface area contributed by atoms with Crippen LogP contribution in [0.4, 0.5) is 0 Å². The van der Waals surface area contributed by atoms with E-state index in [2.05, 4.69) is 77.3 Å². The van der Waals surface area contributed by atoms with Crippen LogP contribution in [0.1, 0.15) is 51.4 Å². The maximum atomic E-state index is 4.68. The van der Waals surface area contributed by atoms with E-state index in [0.29, 0.717) is 0 Å².